The molecule has 0 unspecified atom stereocenters. The van der Waals surface area contributed by atoms with Crippen LogP contribution < -0.4 is 5.73 Å². The van der Waals surface area contributed by atoms with Crippen molar-refractivity contribution in [2.24, 2.45) is 5.73 Å². The quantitative estimate of drug-likeness (QED) is 0.884. The van der Waals surface area contributed by atoms with Gasteiger partial charge in [0.1, 0.15) is 5.69 Å². The zero-order chi connectivity index (χ0) is 15.9. The van der Waals surface area contributed by atoms with Gasteiger partial charge in [-0.05, 0) is 24.6 Å². The Balaban J connectivity index is 2.19. The number of aryl methyl sites for hydroxylation is 1. The smallest absolute Gasteiger partial charge is 0.272 e. The summed E-state index contributed by atoms with van der Waals surface area (Å²) in [6.07, 6.45) is 0.129. The van der Waals surface area contributed by atoms with Crippen LogP contribution in [-0.2, 0) is 11.3 Å². The number of benzene rings is 1. The van der Waals surface area contributed by atoms with Crippen LogP contribution in [0.1, 0.15) is 28.2 Å². The molecule has 5 nitrogen and oxygen atoms in total. The number of hydrogen-bond donors (Lipinski definition) is 1. The Morgan fingerprint density at radius 1 is 1.09 bits per heavy atom. The minimum absolute atomic E-state index is 0.129. The molecule has 0 fully saturated rings. The fourth-order valence-electron chi connectivity index (χ4n) is 2.13. The van der Waals surface area contributed by atoms with Gasteiger partial charge in [0.05, 0.1) is 0 Å². The monoisotopic (exact) mass is 297 g/mol. The van der Waals surface area contributed by atoms with Crippen LogP contribution in [0.5, 0.6) is 0 Å². The number of primary amides is 1. The number of carbonyl (C=O) groups excluding carboxylic acids is 2. The third-order valence-electron chi connectivity index (χ3n) is 3.24. The van der Waals surface area contributed by atoms with Gasteiger partial charge < -0.3 is 10.6 Å². The summed E-state index contributed by atoms with van der Waals surface area (Å²) in [6, 6.07) is 14.9. The molecular weight excluding hydrogens is 278 g/mol. The molecule has 1 aromatic carbocycles. The zero-order valence-corrected chi connectivity index (χ0v) is 12.5. The molecule has 0 saturated carbocycles. The largest absolute Gasteiger partial charge is 0.370 e. The summed E-state index contributed by atoms with van der Waals surface area (Å²) in [4.78, 5) is 29.5. The summed E-state index contributed by atoms with van der Waals surface area (Å²) in [5.41, 5.74) is 7.35. The van der Waals surface area contributed by atoms with Crippen LogP contribution in [0.4, 0.5) is 0 Å². The van der Waals surface area contributed by atoms with Gasteiger partial charge in [-0.15, -0.1) is 0 Å². The van der Waals surface area contributed by atoms with Crippen molar-refractivity contribution in [1.29, 1.82) is 0 Å². The molecule has 0 aliphatic carbocycles. The summed E-state index contributed by atoms with van der Waals surface area (Å²) >= 11 is 0. The van der Waals surface area contributed by atoms with Crippen LogP contribution in [0, 0.1) is 6.92 Å². The first kappa shape index (κ1) is 15.7. The number of pyridine rings is 1. The van der Waals surface area contributed by atoms with Gasteiger partial charge >= 0.3 is 0 Å². The van der Waals surface area contributed by atoms with Crippen molar-refractivity contribution in [2.45, 2.75) is 19.9 Å². The van der Waals surface area contributed by atoms with E-state index in [0.29, 0.717) is 12.2 Å². The third kappa shape index (κ3) is 4.41. The Bertz CT molecular complexity index is 656. The molecule has 0 aliphatic heterocycles. The topological polar surface area (TPSA) is 76.3 Å². The molecule has 2 N–H and O–H groups in total. The minimum atomic E-state index is -0.428. The number of carbonyl (C=O) groups is 2. The first-order valence-electron chi connectivity index (χ1n) is 7.11. The van der Waals surface area contributed by atoms with E-state index in [4.69, 9.17) is 5.73 Å². The maximum atomic E-state index is 12.6. The maximum absolute atomic E-state index is 12.6. The highest BCUT2D eigenvalue weighted by molar-refractivity contribution is 5.92. The molecule has 0 radical (unpaired) electrons. The van der Waals surface area contributed by atoms with Crippen molar-refractivity contribution < 1.29 is 9.59 Å². The molecule has 0 atom stereocenters. The van der Waals surface area contributed by atoms with Crippen LogP contribution >= 0.6 is 0 Å². The standard InChI is InChI=1S/C17H19N3O2/c1-13-6-5-9-15(19-13)17(22)20(11-10-16(18)21)12-14-7-3-2-4-8-14/h2-9H,10-12H2,1H3,(H2,18,21). The van der Waals surface area contributed by atoms with E-state index in [9.17, 15) is 9.59 Å². The SMILES string of the molecule is Cc1cccc(C(=O)N(CCC(N)=O)Cc2ccccc2)n1. The molecule has 0 saturated heterocycles. The van der Waals surface area contributed by atoms with Gasteiger partial charge in [0, 0.05) is 25.2 Å². The highest BCUT2D eigenvalue weighted by atomic mass is 16.2. The Morgan fingerprint density at radius 3 is 2.45 bits per heavy atom. The predicted molar refractivity (Wildman–Crippen MR) is 84.0 cm³/mol. The average molecular weight is 297 g/mol. The Morgan fingerprint density at radius 2 is 1.82 bits per heavy atom. The molecule has 22 heavy (non-hydrogen) atoms. The van der Waals surface area contributed by atoms with Crippen LogP contribution in [-0.4, -0.2) is 28.2 Å². The maximum Gasteiger partial charge on any atom is 0.272 e. The average Bonchev–Trinajstić information content (AvgIpc) is 2.51. The second-order valence-corrected chi connectivity index (χ2v) is 5.09. The summed E-state index contributed by atoms with van der Waals surface area (Å²) in [5, 5.41) is 0. The Hall–Kier alpha value is -2.69. The van der Waals surface area contributed by atoms with Gasteiger partial charge in [-0.3, -0.25) is 9.59 Å². The molecule has 1 heterocycles. The van der Waals surface area contributed by atoms with E-state index in [2.05, 4.69) is 4.98 Å². The highest BCUT2D eigenvalue weighted by Crippen LogP contribution is 2.10. The summed E-state index contributed by atoms with van der Waals surface area (Å²) in [6.45, 7) is 2.53. The van der Waals surface area contributed by atoms with E-state index in [1.54, 1.807) is 17.0 Å². The number of nitrogens with zero attached hydrogens (tertiary/aromatic N) is 2. The highest BCUT2D eigenvalue weighted by Gasteiger charge is 2.18. The second kappa shape index (κ2) is 7.36. The van der Waals surface area contributed by atoms with Crippen molar-refractivity contribution in [3.63, 3.8) is 0 Å². The zero-order valence-electron chi connectivity index (χ0n) is 12.5. The van der Waals surface area contributed by atoms with Gasteiger partial charge in [0.2, 0.25) is 5.91 Å². The van der Waals surface area contributed by atoms with Crippen molar-refractivity contribution in [1.82, 2.24) is 9.88 Å². The summed E-state index contributed by atoms with van der Waals surface area (Å²) in [5.74, 6) is -0.628. The van der Waals surface area contributed by atoms with Gasteiger partial charge in [-0.1, -0.05) is 36.4 Å². The van der Waals surface area contributed by atoms with E-state index in [-0.39, 0.29) is 18.9 Å². The van der Waals surface area contributed by atoms with Crippen molar-refractivity contribution in [2.75, 3.05) is 6.54 Å². The summed E-state index contributed by atoms with van der Waals surface area (Å²) in [7, 11) is 0. The Kier molecular flexibility index (Phi) is 5.25. The first-order chi connectivity index (χ1) is 10.6. The number of hydrogen-bond acceptors (Lipinski definition) is 3. The molecule has 2 rings (SSSR count). The fourth-order valence-corrected chi connectivity index (χ4v) is 2.13. The normalized spacial score (nSPS) is 10.2. The molecule has 1 aromatic heterocycles. The lowest BCUT2D eigenvalue weighted by molar-refractivity contribution is -0.118. The van der Waals surface area contributed by atoms with Gasteiger partial charge in [-0.25, -0.2) is 4.98 Å². The van der Waals surface area contributed by atoms with Crippen molar-refractivity contribution in [3.8, 4) is 0 Å². The first-order valence-corrected chi connectivity index (χ1v) is 7.11. The Labute approximate surface area is 129 Å². The van der Waals surface area contributed by atoms with Crippen LogP contribution in [0.25, 0.3) is 0 Å². The van der Waals surface area contributed by atoms with Gasteiger partial charge in [-0.2, -0.15) is 0 Å². The van der Waals surface area contributed by atoms with E-state index in [1.807, 2.05) is 43.3 Å². The molecule has 114 valence electrons. The third-order valence-corrected chi connectivity index (χ3v) is 3.24. The predicted octanol–water partition coefficient (Wildman–Crippen LogP) is 1.91. The van der Waals surface area contributed by atoms with Crippen LogP contribution in [0.2, 0.25) is 0 Å². The lowest BCUT2D eigenvalue weighted by Crippen LogP contribution is -2.34. The van der Waals surface area contributed by atoms with E-state index >= 15 is 0 Å². The number of nitrogens with two attached hydrogens (primary N) is 1. The lowest BCUT2D eigenvalue weighted by atomic mass is 10.2. The van der Waals surface area contributed by atoms with Crippen molar-refractivity contribution in [3.05, 3.63) is 65.5 Å². The van der Waals surface area contributed by atoms with Gasteiger partial charge in [0.15, 0.2) is 0 Å². The number of rotatable bonds is 6. The number of aromatic nitrogens is 1. The molecule has 0 aliphatic rings. The number of amides is 2. The molecule has 0 bridgehead atoms. The van der Waals surface area contributed by atoms with Crippen molar-refractivity contribution >= 4 is 11.8 Å². The summed E-state index contributed by atoms with van der Waals surface area (Å²) < 4.78 is 0. The molecule has 2 amide bonds. The van der Waals surface area contributed by atoms with Crippen LogP contribution in [0.15, 0.2) is 48.5 Å². The molecule has 0 spiro atoms. The minimum Gasteiger partial charge on any atom is -0.370 e. The molecular formula is C17H19N3O2. The molecule has 5 heteroatoms. The van der Waals surface area contributed by atoms with E-state index in [0.717, 1.165) is 11.3 Å². The fraction of sp³-hybridized carbons (Fsp3) is 0.235. The van der Waals surface area contributed by atoms with E-state index in [1.165, 1.54) is 0 Å². The van der Waals surface area contributed by atoms with Crippen LogP contribution in [0.3, 0.4) is 0 Å². The van der Waals surface area contributed by atoms with Gasteiger partial charge in [0.25, 0.3) is 5.91 Å². The lowest BCUT2D eigenvalue weighted by Gasteiger charge is -2.22. The van der Waals surface area contributed by atoms with E-state index < -0.39 is 5.91 Å². The molecule has 2 aromatic rings. The second-order valence-electron chi connectivity index (χ2n) is 5.09.